The van der Waals surface area contributed by atoms with E-state index in [2.05, 4.69) is 5.32 Å². The molecule has 0 aliphatic rings. The molecule has 1 amide bonds. The van der Waals surface area contributed by atoms with Gasteiger partial charge in [0.05, 0.1) is 18.6 Å². The Balaban J connectivity index is 2.67. The summed E-state index contributed by atoms with van der Waals surface area (Å²) in [4.78, 5) is 22.6. The average molecular weight is 300 g/mol. The highest BCUT2D eigenvalue weighted by molar-refractivity contribution is 6.32. The first kappa shape index (κ1) is 16.3. The number of hydrogen-bond acceptors (Lipinski definition) is 3. The van der Waals surface area contributed by atoms with Gasteiger partial charge in [0.2, 0.25) is 5.91 Å². The van der Waals surface area contributed by atoms with Gasteiger partial charge in [0.1, 0.15) is 5.75 Å². The second kappa shape index (κ2) is 6.61. The zero-order chi connectivity index (χ0) is 15.3. The Labute approximate surface area is 122 Å². The van der Waals surface area contributed by atoms with E-state index < -0.39 is 11.4 Å². The van der Waals surface area contributed by atoms with Gasteiger partial charge >= 0.3 is 5.97 Å². The van der Waals surface area contributed by atoms with Crippen LogP contribution in [-0.4, -0.2) is 24.1 Å². The standard InChI is InChI=1S/C14H18ClNO4/c1-14(2,8-13(18)19)7-12(17)16-9-4-5-11(20-3)10(15)6-9/h4-6H,7-8H2,1-3H3,(H,16,17)(H,18,19). The maximum atomic E-state index is 11.9. The van der Waals surface area contributed by atoms with E-state index in [1.807, 2.05) is 0 Å². The smallest absolute Gasteiger partial charge is 0.303 e. The average Bonchev–Trinajstić information content (AvgIpc) is 2.25. The summed E-state index contributed by atoms with van der Waals surface area (Å²) in [5, 5.41) is 11.9. The van der Waals surface area contributed by atoms with Gasteiger partial charge in [-0.3, -0.25) is 9.59 Å². The molecular weight excluding hydrogens is 282 g/mol. The van der Waals surface area contributed by atoms with E-state index in [9.17, 15) is 9.59 Å². The van der Waals surface area contributed by atoms with Crippen LogP contribution in [0.3, 0.4) is 0 Å². The van der Waals surface area contributed by atoms with Crippen LogP contribution in [0.4, 0.5) is 5.69 Å². The van der Waals surface area contributed by atoms with Crippen molar-refractivity contribution in [3.05, 3.63) is 23.2 Å². The van der Waals surface area contributed by atoms with Gasteiger partial charge in [-0.25, -0.2) is 0 Å². The lowest BCUT2D eigenvalue weighted by atomic mass is 9.85. The third kappa shape index (κ3) is 5.09. The Morgan fingerprint density at radius 1 is 1.35 bits per heavy atom. The van der Waals surface area contributed by atoms with Crippen molar-refractivity contribution in [1.82, 2.24) is 0 Å². The van der Waals surface area contributed by atoms with Crippen LogP contribution in [0.2, 0.25) is 5.02 Å². The molecule has 1 rings (SSSR count). The molecule has 0 saturated carbocycles. The Bertz CT molecular complexity index is 514. The first-order valence-corrected chi connectivity index (χ1v) is 6.46. The van der Waals surface area contributed by atoms with Crippen molar-refractivity contribution in [1.29, 1.82) is 0 Å². The van der Waals surface area contributed by atoms with Crippen LogP contribution in [-0.2, 0) is 9.59 Å². The molecule has 0 radical (unpaired) electrons. The van der Waals surface area contributed by atoms with E-state index in [1.54, 1.807) is 32.0 Å². The normalized spacial score (nSPS) is 11.0. The van der Waals surface area contributed by atoms with Crippen molar-refractivity contribution in [2.45, 2.75) is 26.7 Å². The van der Waals surface area contributed by atoms with Crippen LogP contribution in [0.1, 0.15) is 26.7 Å². The lowest BCUT2D eigenvalue weighted by Gasteiger charge is -2.21. The van der Waals surface area contributed by atoms with Crippen LogP contribution >= 0.6 is 11.6 Å². The minimum Gasteiger partial charge on any atom is -0.495 e. The monoisotopic (exact) mass is 299 g/mol. The van der Waals surface area contributed by atoms with Gasteiger partial charge in [-0.2, -0.15) is 0 Å². The number of carboxylic acids is 1. The topological polar surface area (TPSA) is 75.6 Å². The molecule has 2 N–H and O–H groups in total. The number of amides is 1. The highest BCUT2D eigenvalue weighted by atomic mass is 35.5. The summed E-state index contributed by atoms with van der Waals surface area (Å²) in [7, 11) is 1.51. The zero-order valence-electron chi connectivity index (χ0n) is 11.7. The number of benzene rings is 1. The molecular formula is C14H18ClNO4. The fraction of sp³-hybridized carbons (Fsp3) is 0.429. The summed E-state index contributed by atoms with van der Waals surface area (Å²) in [5.74, 6) is -0.649. The van der Waals surface area contributed by atoms with Crippen LogP contribution in [0.5, 0.6) is 5.75 Å². The molecule has 0 bridgehead atoms. The maximum absolute atomic E-state index is 11.9. The molecule has 0 fully saturated rings. The van der Waals surface area contributed by atoms with Gasteiger partial charge < -0.3 is 15.2 Å². The van der Waals surface area contributed by atoms with Crippen molar-refractivity contribution in [3.63, 3.8) is 0 Å². The molecule has 0 spiro atoms. The lowest BCUT2D eigenvalue weighted by Crippen LogP contribution is -2.24. The van der Waals surface area contributed by atoms with Crippen molar-refractivity contribution in [2.75, 3.05) is 12.4 Å². The number of ether oxygens (including phenoxy) is 1. The van der Waals surface area contributed by atoms with Gasteiger partial charge in [-0.1, -0.05) is 25.4 Å². The second-order valence-electron chi connectivity index (χ2n) is 5.31. The van der Waals surface area contributed by atoms with Crippen molar-refractivity contribution in [2.24, 2.45) is 5.41 Å². The van der Waals surface area contributed by atoms with E-state index >= 15 is 0 Å². The third-order valence-corrected chi connectivity index (χ3v) is 3.00. The van der Waals surface area contributed by atoms with E-state index in [-0.39, 0.29) is 18.7 Å². The number of anilines is 1. The van der Waals surface area contributed by atoms with E-state index in [4.69, 9.17) is 21.4 Å². The highest BCUT2D eigenvalue weighted by Gasteiger charge is 2.25. The molecule has 0 heterocycles. The summed E-state index contributed by atoms with van der Waals surface area (Å²) in [6.45, 7) is 3.48. The van der Waals surface area contributed by atoms with Crippen molar-refractivity contribution < 1.29 is 19.4 Å². The molecule has 0 aromatic heterocycles. The van der Waals surface area contributed by atoms with Crippen molar-refractivity contribution >= 4 is 29.2 Å². The molecule has 0 aliphatic heterocycles. The molecule has 110 valence electrons. The predicted molar refractivity (Wildman–Crippen MR) is 77.3 cm³/mol. The molecule has 1 aromatic rings. The summed E-state index contributed by atoms with van der Waals surface area (Å²) in [6.07, 6.45) is 0.0484. The molecule has 1 aromatic carbocycles. The number of carboxylic acid groups (broad SMARTS) is 1. The van der Waals surface area contributed by atoms with E-state index in [0.717, 1.165) is 0 Å². The number of carbonyl (C=O) groups is 2. The summed E-state index contributed by atoms with van der Waals surface area (Å²) in [5.41, 5.74) is -0.0569. The quantitative estimate of drug-likeness (QED) is 0.846. The number of carbonyl (C=O) groups excluding carboxylic acids is 1. The highest BCUT2D eigenvalue weighted by Crippen LogP contribution is 2.29. The molecule has 20 heavy (non-hydrogen) atoms. The largest absolute Gasteiger partial charge is 0.495 e. The summed E-state index contributed by atoms with van der Waals surface area (Å²) in [6, 6.07) is 4.91. The minimum absolute atomic E-state index is 0.0657. The molecule has 0 unspecified atom stereocenters. The molecule has 0 atom stereocenters. The van der Waals surface area contributed by atoms with Gasteiger partial charge in [0.25, 0.3) is 0 Å². The van der Waals surface area contributed by atoms with Gasteiger partial charge in [0.15, 0.2) is 0 Å². The molecule has 0 aliphatic carbocycles. The van der Waals surface area contributed by atoms with Gasteiger partial charge in [-0.15, -0.1) is 0 Å². The third-order valence-electron chi connectivity index (χ3n) is 2.70. The van der Waals surface area contributed by atoms with Gasteiger partial charge in [-0.05, 0) is 23.6 Å². The van der Waals surface area contributed by atoms with Crippen LogP contribution in [0.15, 0.2) is 18.2 Å². The molecule has 0 saturated heterocycles. The SMILES string of the molecule is COc1ccc(NC(=O)CC(C)(C)CC(=O)O)cc1Cl. The minimum atomic E-state index is -0.921. The number of nitrogens with one attached hydrogen (secondary N) is 1. The number of aliphatic carboxylic acids is 1. The Morgan fingerprint density at radius 3 is 2.50 bits per heavy atom. The molecule has 6 heteroatoms. The lowest BCUT2D eigenvalue weighted by molar-refractivity contribution is -0.139. The zero-order valence-corrected chi connectivity index (χ0v) is 12.5. The van der Waals surface area contributed by atoms with E-state index in [0.29, 0.717) is 16.5 Å². The Hall–Kier alpha value is -1.75. The number of halogens is 1. The van der Waals surface area contributed by atoms with Crippen LogP contribution < -0.4 is 10.1 Å². The fourth-order valence-corrected chi connectivity index (χ4v) is 2.11. The predicted octanol–water partition coefficient (Wildman–Crippen LogP) is 3.18. The van der Waals surface area contributed by atoms with Crippen LogP contribution in [0, 0.1) is 5.41 Å². The van der Waals surface area contributed by atoms with Crippen molar-refractivity contribution in [3.8, 4) is 5.75 Å². The summed E-state index contributed by atoms with van der Waals surface area (Å²) < 4.78 is 5.02. The molecule has 5 nitrogen and oxygen atoms in total. The first-order chi connectivity index (χ1) is 9.23. The number of rotatable bonds is 6. The number of methoxy groups -OCH3 is 1. The second-order valence-corrected chi connectivity index (χ2v) is 5.72. The first-order valence-electron chi connectivity index (χ1n) is 6.09. The fourth-order valence-electron chi connectivity index (χ4n) is 1.86. The number of hydrogen-bond donors (Lipinski definition) is 2. The Kier molecular flexibility index (Phi) is 5.39. The van der Waals surface area contributed by atoms with Crippen LogP contribution in [0.25, 0.3) is 0 Å². The van der Waals surface area contributed by atoms with E-state index in [1.165, 1.54) is 7.11 Å². The summed E-state index contributed by atoms with van der Waals surface area (Å²) >= 11 is 5.96. The Morgan fingerprint density at radius 2 is 2.00 bits per heavy atom. The van der Waals surface area contributed by atoms with Gasteiger partial charge in [0, 0.05) is 12.1 Å². The maximum Gasteiger partial charge on any atom is 0.303 e.